The summed E-state index contributed by atoms with van der Waals surface area (Å²) in [6.45, 7) is 13.9. The Kier molecular flexibility index (Phi) is 12.0. The fourth-order valence-electron chi connectivity index (χ4n) is 4.98. The van der Waals surface area contributed by atoms with Crippen LogP contribution < -0.4 is 10.6 Å². The molecule has 1 aliphatic heterocycles. The van der Waals surface area contributed by atoms with Gasteiger partial charge in [-0.1, -0.05) is 30.3 Å². The van der Waals surface area contributed by atoms with Crippen LogP contribution in [0.4, 0.5) is 9.59 Å². The molecule has 1 atom stereocenters. The molecule has 2 amide bonds. The Balaban J connectivity index is 0.000000382. The van der Waals surface area contributed by atoms with E-state index in [1.165, 1.54) is 48.1 Å². The highest BCUT2D eigenvalue weighted by Gasteiger charge is 2.32. The molecule has 8 heteroatoms. The van der Waals surface area contributed by atoms with Crippen LogP contribution in [0.3, 0.4) is 0 Å². The van der Waals surface area contributed by atoms with Crippen molar-refractivity contribution in [1.29, 1.82) is 0 Å². The number of aryl methyl sites for hydroxylation is 2. The van der Waals surface area contributed by atoms with Gasteiger partial charge < -0.3 is 20.1 Å². The highest BCUT2D eigenvalue weighted by atomic mass is 16.6. The minimum atomic E-state index is -0.521. The zero-order chi connectivity index (χ0) is 29.9. The van der Waals surface area contributed by atoms with E-state index < -0.39 is 11.2 Å². The van der Waals surface area contributed by atoms with Crippen molar-refractivity contribution >= 4 is 12.2 Å². The molecule has 1 aliphatic carbocycles. The van der Waals surface area contributed by atoms with Crippen LogP contribution >= 0.6 is 0 Å². The molecule has 1 unspecified atom stereocenters. The summed E-state index contributed by atoms with van der Waals surface area (Å²) < 4.78 is 10.9. The lowest BCUT2D eigenvalue weighted by molar-refractivity contribution is 0.0119. The number of pyridine rings is 1. The lowest BCUT2D eigenvalue weighted by Gasteiger charge is -2.38. The Morgan fingerprint density at radius 2 is 1.54 bits per heavy atom. The number of amides is 2. The Morgan fingerprint density at radius 3 is 2.24 bits per heavy atom. The van der Waals surface area contributed by atoms with Crippen LogP contribution in [0.5, 0.6) is 0 Å². The molecule has 41 heavy (non-hydrogen) atoms. The van der Waals surface area contributed by atoms with E-state index >= 15 is 0 Å². The fourth-order valence-corrected chi connectivity index (χ4v) is 4.98. The van der Waals surface area contributed by atoms with Gasteiger partial charge in [-0.2, -0.15) is 0 Å². The summed E-state index contributed by atoms with van der Waals surface area (Å²) in [5, 5.41) is 6.24. The molecule has 4 rings (SSSR count). The fraction of sp³-hybridized carbons (Fsp3) is 0.606. The average molecular weight is 567 g/mol. The summed E-state index contributed by atoms with van der Waals surface area (Å²) in [4.78, 5) is 30.6. The van der Waals surface area contributed by atoms with E-state index in [0.717, 1.165) is 25.8 Å². The number of carbonyl (C=O) groups excluding carboxylic acids is 2. The number of benzene rings is 1. The number of aromatic nitrogens is 1. The molecule has 0 saturated carbocycles. The van der Waals surface area contributed by atoms with Crippen LogP contribution in [-0.2, 0) is 35.3 Å². The maximum atomic E-state index is 12.8. The first-order chi connectivity index (χ1) is 19.4. The Labute approximate surface area is 246 Å². The maximum Gasteiger partial charge on any atom is 0.410 e. The Bertz CT molecular complexity index is 1100. The molecular formula is C33H50N4O4. The minimum absolute atomic E-state index is 0.0460. The first-order valence-corrected chi connectivity index (χ1v) is 15.1. The van der Waals surface area contributed by atoms with Crippen molar-refractivity contribution in [3.8, 4) is 0 Å². The van der Waals surface area contributed by atoms with E-state index in [4.69, 9.17) is 9.47 Å². The summed E-state index contributed by atoms with van der Waals surface area (Å²) in [6.07, 6.45) is 8.93. The zero-order valence-electron chi connectivity index (χ0n) is 25.9. The third-order valence-electron chi connectivity index (χ3n) is 6.91. The monoisotopic (exact) mass is 566 g/mol. The van der Waals surface area contributed by atoms with Gasteiger partial charge in [0.2, 0.25) is 0 Å². The van der Waals surface area contributed by atoms with Gasteiger partial charge in [-0.15, -0.1) is 0 Å². The number of fused-ring (bicyclic) bond motifs is 2. The van der Waals surface area contributed by atoms with E-state index in [9.17, 15) is 9.59 Å². The van der Waals surface area contributed by atoms with E-state index in [1.807, 2.05) is 70.8 Å². The van der Waals surface area contributed by atoms with Gasteiger partial charge in [0.15, 0.2) is 0 Å². The number of hydrogen-bond donors (Lipinski definition) is 2. The van der Waals surface area contributed by atoms with Crippen molar-refractivity contribution in [1.82, 2.24) is 20.5 Å². The average Bonchev–Trinajstić information content (AvgIpc) is 2.90. The van der Waals surface area contributed by atoms with Gasteiger partial charge in [-0.3, -0.25) is 9.88 Å². The van der Waals surface area contributed by atoms with Crippen LogP contribution in [0.25, 0.3) is 0 Å². The van der Waals surface area contributed by atoms with Crippen molar-refractivity contribution < 1.29 is 19.1 Å². The Morgan fingerprint density at radius 1 is 0.878 bits per heavy atom. The first-order valence-electron chi connectivity index (χ1n) is 15.1. The van der Waals surface area contributed by atoms with Crippen LogP contribution in [-0.4, -0.2) is 58.9 Å². The normalized spacial score (nSPS) is 16.4. The molecular weight excluding hydrogens is 516 g/mol. The van der Waals surface area contributed by atoms with Gasteiger partial charge >= 0.3 is 12.2 Å². The number of nitrogens with one attached hydrogen (secondary N) is 2. The Hall–Kier alpha value is -3.13. The largest absolute Gasteiger partial charge is 0.444 e. The molecule has 1 aromatic carbocycles. The molecule has 1 aromatic heterocycles. The summed E-state index contributed by atoms with van der Waals surface area (Å²) in [6, 6.07) is 12.5. The zero-order valence-corrected chi connectivity index (χ0v) is 25.9. The number of nitrogens with zero attached hydrogens (tertiary/aromatic N) is 2. The van der Waals surface area contributed by atoms with Gasteiger partial charge in [-0.05, 0) is 116 Å². The van der Waals surface area contributed by atoms with Crippen molar-refractivity contribution in [2.24, 2.45) is 0 Å². The predicted molar refractivity (Wildman–Crippen MR) is 163 cm³/mol. The summed E-state index contributed by atoms with van der Waals surface area (Å²) in [5.41, 5.74) is 4.26. The third-order valence-corrected chi connectivity index (χ3v) is 6.91. The van der Waals surface area contributed by atoms with Crippen LogP contribution in [0.1, 0.15) is 89.6 Å². The maximum absolute atomic E-state index is 12.8. The van der Waals surface area contributed by atoms with E-state index in [-0.39, 0.29) is 18.2 Å². The number of unbranched alkanes of at least 4 members (excludes halogenated alkanes) is 1. The number of alkyl carbamates (subject to hydrolysis) is 1. The van der Waals surface area contributed by atoms with E-state index in [2.05, 4.69) is 33.8 Å². The van der Waals surface area contributed by atoms with E-state index in [1.54, 1.807) is 0 Å². The summed E-state index contributed by atoms with van der Waals surface area (Å²) in [7, 11) is 0. The van der Waals surface area contributed by atoms with Gasteiger partial charge in [-0.25, -0.2) is 9.59 Å². The van der Waals surface area contributed by atoms with Crippen molar-refractivity contribution in [2.75, 3.05) is 19.6 Å². The van der Waals surface area contributed by atoms with Crippen molar-refractivity contribution in [3.63, 3.8) is 0 Å². The minimum Gasteiger partial charge on any atom is -0.444 e. The molecule has 0 spiro atoms. The molecule has 0 saturated heterocycles. The second-order valence-electron chi connectivity index (χ2n) is 12.9. The predicted octanol–water partition coefficient (Wildman–Crippen LogP) is 6.20. The standard InChI is InChI=1S/C24H39N3O4.C9H11N/c1-23(2,3)30-21(28)26-14-10-9-13-25-16-20-15-18-11-7-8-12-19(18)17-27(20)22(29)31-24(4,5)6;1-2-6-9-8(4-1)5-3-7-10-9/h7-8,11-12,20,25H,9-10,13-17H2,1-6H3,(H,26,28);3,5,7H,1-2,4,6H2. The number of ether oxygens (including phenoxy) is 2. The molecule has 226 valence electrons. The number of carbonyl (C=O) groups is 2. The third kappa shape index (κ3) is 11.7. The highest BCUT2D eigenvalue weighted by Crippen LogP contribution is 2.25. The number of rotatable bonds is 7. The molecule has 0 radical (unpaired) electrons. The molecule has 0 bridgehead atoms. The summed E-state index contributed by atoms with van der Waals surface area (Å²) >= 11 is 0. The van der Waals surface area contributed by atoms with Gasteiger partial charge in [0.25, 0.3) is 0 Å². The summed E-state index contributed by atoms with van der Waals surface area (Å²) in [5.74, 6) is 0. The van der Waals surface area contributed by atoms with Crippen LogP contribution in [0.2, 0.25) is 0 Å². The van der Waals surface area contributed by atoms with Crippen LogP contribution in [0.15, 0.2) is 42.6 Å². The van der Waals surface area contributed by atoms with Gasteiger partial charge in [0, 0.05) is 31.5 Å². The smallest absolute Gasteiger partial charge is 0.410 e. The highest BCUT2D eigenvalue weighted by molar-refractivity contribution is 5.69. The van der Waals surface area contributed by atoms with Gasteiger partial charge in [0.05, 0.1) is 6.04 Å². The van der Waals surface area contributed by atoms with E-state index in [0.29, 0.717) is 19.6 Å². The van der Waals surface area contributed by atoms with Gasteiger partial charge in [0.1, 0.15) is 11.2 Å². The van der Waals surface area contributed by atoms with Crippen molar-refractivity contribution in [3.05, 3.63) is 65.0 Å². The second-order valence-corrected chi connectivity index (χ2v) is 12.9. The molecule has 0 fully saturated rings. The molecule has 8 nitrogen and oxygen atoms in total. The molecule has 2 aromatic rings. The topological polar surface area (TPSA) is 92.8 Å². The quantitative estimate of drug-likeness (QED) is 0.388. The molecule has 2 aliphatic rings. The second kappa shape index (κ2) is 15.2. The van der Waals surface area contributed by atoms with Crippen LogP contribution in [0, 0.1) is 0 Å². The lowest BCUT2D eigenvalue weighted by atomic mass is 9.94. The lowest BCUT2D eigenvalue weighted by Crippen LogP contribution is -2.50. The van der Waals surface area contributed by atoms with Crippen molar-refractivity contribution in [2.45, 2.75) is 110 Å². The molecule has 2 N–H and O–H groups in total. The molecule has 2 heterocycles. The number of hydrogen-bond acceptors (Lipinski definition) is 6. The SMILES string of the molecule is CC(C)(C)OC(=O)NCCCCNCC1Cc2ccccc2CN1C(=O)OC(C)(C)C.c1cnc2c(c1)CCCC2. The first kappa shape index (κ1) is 32.4.